The van der Waals surface area contributed by atoms with Crippen LogP contribution in [0, 0.1) is 29.6 Å². The van der Waals surface area contributed by atoms with Crippen LogP contribution in [0.5, 0.6) is 5.75 Å². The van der Waals surface area contributed by atoms with E-state index in [1.165, 1.54) is 5.56 Å². The third-order valence-corrected chi connectivity index (χ3v) is 7.15. The molecular weight excluding hydrogens is 288 g/mol. The molecular formula is C20H24O3. The van der Waals surface area contributed by atoms with Crippen molar-refractivity contribution < 1.29 is 15.3 Å². The smallest absolute Gasteiger partial charge is 0.130 e. The molecule has 0 bridgehead atoms. The summed E-state index contributed by atoms with van der Waals surface area (Å²) in [5.74, 6) is 3.98. The zero-order valence-corrected chi connectivity index (χ0v) is 13.5. The number of aromatic hydroxyl groups is 1. The van der Waals surface area contributed by atoms with Gasteiger partial charge < -0.3 is 15.3 Å². The summed E-state index contributed by atoms with van der Waals surface area (Å²) in [5.41, 5.74) is 0.782. The Kier molecular flexibility index (Phi) is 3.11. The molecule has 0 aliphatic heterocycles. The zero-order chi connectivity index (χ0) is 16.4. The summed E-state index contributed by atoms with van der Waals surface area (Å²) in [5, 5.41) is 31.2. The maximum atomic E-state index is 10.9. The molecule has 0 unspecified atom stereocenters. The Morgan fingerprint density at radius 3 is 2.74 bits per heavy atom. The van der Waals surface area contributed by atoms with Gasteiger partial charge in [0.2, 0.25) is 0 Å². The lowest BCUT2D eigenvalue weighted by Crippen LogP contribution is -2.50. The fraction of sp³-hybridized carbons (Fsp3) is 0.600. The van der Waals surface area contributed by atoms with Gasteiger partial charge in [-0.15, -0.1) is 6.42 Å². The summed E-state index contributed by atoms with van der Waals surface area (Å²) in [4.78, 5) is 0. The van der Waals surface area contributed by atoms with Gasteiger partial charge in [0.05, 0.1) is 6.10 Å². The molecule has 2 saturated carbocycles. The van der Waals surface area contributed by atoms with E-state index in [4.69, 9.17) is 6.42 Å². The number of terminal acetylenes is 1. The summed E-state index contributed by atoms with van der Waals surface area (Å²) in [6.45, 7) is 2.14. The van der Waals surface area contributed by atoms with Crippen LogP contribution in [0.1, 0.15) is 62.2 Å². The molecule has 122 valence electrons. The van der Waals surface area contributed by atoms with Gasteiger partial charge in [-0.1, -0.05) is 18.9 Å². The maximum absolute atomic E-state index is 10.9. The largest absolute Gasteiger partial charge is 0.508 e. The van der Waals surface area contributed by atoms with Crippen molar-refractivity contribution in [3.05, 3.63) is 29.3 Å². The normalized spacial score (nSPS) is 44.8. The summed E-state index contributed by atoms with van der Waals surface area (Å²) in [6, 6.07) is 5.39. The Hall–Kier alpha value is -1.50. The Labute approximate surface area is 137 Å². The highest BCUT2D eigenvalue weighted by Crippen LogP contribution is 2.65. The number of fused-ring (bicyclic) bond motifs is 5. The maximum Gasteiger partial charge on any atom is 0.130 e. The van der Waals surface area contributed by atoms with Gasteiger partial charge in [0.15, 0.2) is 0 Å². The number of hydrogen-bond acceptors (Lipinski definition) is 3. The molecule has 3 aliphatic rings. The minimum absolute atomic E-state index is 0.212. The van der Waals surface area contributed by atoms with E-state index < -0.39 is 11.7 Å². The standard InChI is InChI=1S/C20H24O3/c1-3-20(23)9-7-17-15-11-18(22)16-10-12(21)4-5-13(16)14(15)6-8-19(17,20)2/h1,4-5,10,14-15,17-18,21-23H,6-9,11H2,2H3/t14-,15+,17+,18+,19+,20+/m1/s1. The van der Waals surface area contributed by atoms with Crippen molar-refractivity contribution in [2.75, 3.05) is 0 Å². The first-order valence-corrected chi connectivity index (χ1v) is 8.60. The molecule has 1 aromatic carbocycles. The van der Waals surface area contributed by atoms with E-state index in [1.807, 2.05) is 6.07 Å². The minimum Gasteiger partial charge on any atom is -0.508 e. The summed E-state index contributed by atoms with van der Waals surface area (Å²) >= 11 is 0. The zero-order valence-electron chi connectivity index (χ0n) is 13.5. The van der Waals surface area contributed by atoms with Crippen LogP contribution in [0.25, 0.3) is 0 Å². The molecule has 3 heteroatoms. The van der Waals surface area contributed by atoms with E-state index in [0.717, 1.165) is 24.8 Å². The highest BCUT2D eigenvalue weighted by molar-refractivity contribution is 5.42. The number of hydrogen-bond donors (Lipinski definition) is 3. The second kappa shape index (κ2) is 4.75. The van der Waals surface area contributed by atoms with Crippen LogP contribution in [0.4, 0.5) is 0 Å². The predicted molar refractivity (Wildman–Crippen MR) is 87.8 cm³/mol. The third-order valence-electron chi connectivity index (χ3n) is 7.15. The Bertz CT molecular complexity index is 691. The number of phenols is 1. The van der Waals surface area contributed by atoms with Gasteiger partial charge in [0.1, 0.15) is 11.4 Å². The lowest BCUT2D eigenvalue weighted by atomic mass is 9.53. The van der Waals surface area contributed by atoms with E-state index in [9.17, 15) is 15.3 Å². The molecule has 0 aromatic heterocycles. The molecule has 6 atom stereocenters. The van der Waals surface area contributed by atoms with Crippen molar-refractivity contribution in [1.29, 1.82) is 0 Å². The fourth-order valence-electron chi connectivity index (χ4n) is 5.83. The Morgan fingerprint density at radius 1 is 1.22 bits per heavy atom. The third kappa shape index (κ3) is 1.86. The average Bonchev–Trinajstić information content (AvgIpc) is 2.80. The Morgan fingerprint density at radius 2 is 2.00 bits per heavy atom. The van der Waals surface area contributed by atoms with Crippen molar-refractivity contribution in [2.24, 2.45) is 17.3 Å². The molecule has 3 nitrogen and oxygen atoms in total. The fourth-order valence-corrected chi connectivity index (χ4v) is 5.83. The van der Waals surface area contributed by atoms with Crippen molar-refractivity contribution in [1.82, 2.24) is 0 Å². The molecule has 1 aromatic rings. The van der Waals surface area contributed by atoms with E-state index in [2.05, 4.69) is 12.8 Å². The lowest BCUT2D eigenvalue weighted by Gasteiger charge is -2.52. The molecule has 2 fully saturated rings. The van der Waals surface area contributed by atoms with Crippen LogP contribution >= 0.6 is 0 Å². The molecule has 0 radical (unpaired) electrons. The van der Waals surface area contributed by atoms with Gasteiger partial charge in [0, 0.05) is 5.41 Å². The summed E-state index contributed by atoms with van der Waals surface area (Å²) < 4.78 is 0. The van der Waals surface area contributed by atoms with Gasteiger partial charge in [-0.2, -0.15) is 0 Å². The van der Waals surface area contributed by atoms with Crippen LogP contribution in [0.15, 0.2) is 18.2 Å². The first-order chi connectivity index (χ1) is 10.9. The predicted octanol–water partition coefficient (Wildman–Crippen LogP) is 3.10. The van der Waals surface area contributed by atoms with Crippen molar-refractivity contribution in [3.63, 3.8) is 0 Å². The van der Waals surface area contributed by atoms with Crippen LogP contribution in [0.3, 0.4) is 0 Å². The van der Waals surface area contributed by atoms with E-state index in [0.29, 0.717) is 30.6 Å². The topological polar surface area (TPSA) is 60.7 Å². The minimum atomic E-state index is -1.01. The highest BCUT2D eigenvalue weighted by Gasteiger charge is 2.61. The van der Waals surface area contributed by atoms with Crippen molar-refractivity contribution in [2.45, 2.75) is 56.7 Å². The molecule has 4 rings (SSSR count). The van der Waals surface area contributed by atoms with Crippen LogP contribution in [-0.2, 0) is 0 Å². The van der Waals surface area contributed by atoms with Gasteiger partial charge in [-0.25, -0.2) is 0 Å². The number of rotatable bonds is 0. The van der Waals surface area contributed by atoms with Crippen molar-refractivity contribution in [3.8, 4) is 18.1 Å². The first-order valence-electron chi connectivity index (χ1n) is 8.60. The molecule has 0 spiro atoms. The number of benzene rings is 1. The number of phenolic OH excluding ortho intramolecular Hbond substituents is 1. The van der Waals surface area contributed by atoms with Crippen molar-refractivity contribution >= 4 is 0 Å². The molecule has 0 heterocycles. The van der Waals surface area contributed by atoms with Gasteiger partial charge >= 0.3 is 0 Å². The van der Waals surface area contributed by atoms with E-state index in [-0.39, 0.29) is 11.2 Å². The molecule has 3 N–H and O–H groups in total. The SMILES string of the molecule is C#C[C@]1(O)CC[C@H]2[C@H]3C[C@H](O)c4cc(O)ccc4[C@H]3CC[C@@]21C. The van der Waals surface area contributed by atoms with Crippen LogP contribution < -0.4 is 0 Å². The lowest BCUT2D eigenvalue weighted by molar-refractivity contribution is -0.0729. The summed E-state index contributed by atoms with van der Waals surface area (Å²) in [7, 11) is 0. The number of aliphatic hydroxyl groups excluding tert-OH is 1. The van der Waals surface area contributed by atoms with Crippen LogP contribution in [-0.4, -0.2) is 20.9 Å². The monoisotopic (exact) mass is 312 g/mol. The first kappa shape index (κ1) is 15.1. The highest BCUT2D eigenvalue weighted by atomic mass is 16.3. The second-order valence-electron chi connectivity index (χ2n) is 7.94. The quantitative estimate of drug-likeness (QED) is 0.645. The average molecular weight is 312 g/mol. The molecule has 3 aliphatic carbocycles. The van der Waals surface area contributed by atoms with E-state index >= 15 is 0 Å². The van der Waals surface area contributed by atoms with Gasteiger partial charge in [-0.3, -0.25) is 0 Å². The number of aliphatic hydroxyl groups is 2. The summed E-state index contributed by atoms with van der Waals surface area (Å²) in [6.07, 6.45) is 9.31. The Balaban J connectivity index is 1.76. The van der Waals surface area contributed by atoms with E-state index in [1.54, 1.807) is 12.1 Å². The van der Waals surface area contributed by atoms with Crippen LogP contribution in [0.2, 0.25) is 0 Å². The van der Waals surface area contributed by atoms with Gasteiger partial charge in [-0.05, 0) is 73.1 Å². The second-order valence-corrected chi connectivity index (χ2v) is 7.94. The molecule has 0 amide bonds. The molecule has 0 saturated heterocycles. The van der Waals surface area contributed by atoms with Gasteiger partial charge in [0.25, 0.3) is 0 Å². The molecule has 23 heavy (non-hydrogen) atoms.